The predicted molar refractivity (Wildman–Crippen MR) is 78.3 cm³/mol. The van der Waals surface area contributed by atoms with E-state index in [2.05, 4.69) is 24.1 Å². The molecule has 4 nitrogen and oxygen atoms in total. The molecule has 1 N–H and O–H groups in total. The van der Waals surface area contributed by atoms with Crippen molar-refractivity contribution in [2.75, 3.05) is 19.6 Å². The van der Waals surface area contributed by atoms with Gasteiger partial charge in [-0.1, -0.05) is 6.92 Å². The summed E-state index contributed by atoms with van der Waals surface area (Å²) in [7, 11) is 0. The second-order valence-corrected chi connectivity index (χ2v) is 6.21. The first-order valence-electron chi connectivity index (χ1n) is 7.16. The quantitative estimate of drug-likeness (QED) is 0.901. The van der Waals surface area contributed by atoms with Crippen LogP contribution in [0.1, 0.15) is 49.0 Å². The molecule has 0 radical (unpaired) electrons. The van der Waals surface area contributed by atoms with Gasteiger partial charge in [-0.25, -0.2) is 4.98 Å². The number of aryl methyl sites for hydroxylation is 1. The molecule has 0 aromatic carbocycles. The van der Waals surface area contributed by atoms with E-state index in [-0.39, 0.29) is 11.9 Å². The highest BCUT2D eigenvalue weighted by Crippen LogP contribution is 2.20. The van der Waals surface area contributed by atoms with Crippen LogP contribution in [0.3, 0.4) is 0 Å². The van der Waals surface area contributed by atoms with Gasteiger partial charge in [-0.05, 0) is 32.6 Å². The lowest BCUT2D eigenvalue weighted by Gasteiger charge is -2.27. The fraction of sp³-hybridized carbons (Fsp3) is 0.714. The van der Waals surface area contributed by atoms with Crippen LogP contribution in [-0.2, 0) is 11.2 Å². The number of aromatic nitrogens is 1. The molecule has 1 aromatic heterocycles. The van der Waals surface area contributed by atoms with Gasteiger partial charge >= 0.3 is 0 Å². The van der Waals surface area contributed by atoms with Crippen LogP contribution in [0.4, 0.5) is 0 Å². The van der Waals surface area contributed by atoms with Gasteiger partial charge in [0.05, 0.1) is 12.6 Å². The van der Waals surface area contributed by atoms with E-state index in [1.165, 1.54) is 11.3 Å². The third-order valence-electron chi connectivity index (χ3n) is 3.56. The van der Waals surface area contributed by atoms with E-state index in [1.54, 1.807) is 11.3 Å². The van der Waals surface area contributed by atoms with E-state index in [0.29, 0.717) is 6.54 Å². The molecule has 2 rings (SSSR count). The van der Waals surface area contributed by atoms with Crippen LogP contribution >= 0.6 is 11.3 Å². The number of carbonyl (C=O) groups is 1. The molecule has 0 spiro atoms. The maximum absolute atomic E-state index is 12.0. The maximum Gasteiger partial charge on any atom is 0.236 e. The van der Waals surface area contributed by atoms with Gasteiger partial charge in [-0.3, -0.25) is 10.1 Å². The topological polar surface area (TPSA) is 45.2 Å². The van der Waals surface area contributed by atoms with Crippen LogP contribution in [0.2, 0.25) is 0 Å². The zero-order valence-electron chi connectivity index (χ0n) is 11.8. The molecule has 1 aliphatic rings. The summed E-state index contributed by atoms with van der Waals surface area (Å²) in [6.45, 7) is 6.47. The summed E-state index contributed by atoms with van der Waals surface area (Å²) in [5, 5.41) is 4.36. The van der Waals surface area contributed by atoms with Crippen LogP contribution in [-0.4, -0.2) is 35.4 Å². The lowest BCUT2D eigenvalue weighted by atomic mass is 10.1. The summed E-state index contributed by atoms with van der Waals surface area (Å²) in [4.78, 5) is 19.7. The summed E-state index contributed by atoms with van der Waals surface area (Å²) >= 11 is 1.73. The minimum Gasteiger partial charge on any atom is -0.342 e. The molecule has 0 bridgehead atoms. The van der Waals surface area contributed by atoms with E-state index in [0.717, 1.165) is 37.4 Å². The maximum atomic E-state index is 12.0. The van der Waals surface area contributed by atoms with Gasteiger partial charge in [-0.15, -0.1) is 11.3 Å². The predicted octanol–water partition coefficient (Wildman–Crippen LogP) is 2.37. The Hall–Kier alpha value is -0.940. The first-order chi connectivity index (χ1) is 9.20. The Balaban J connectivity index is 1.79. The van der Waals surface area contributed by atoms with Crippen molar-refractivity contribution in [3.05, 3.63) is 16.1 Å². The fourth-order valence-corrected chi connectivity index (χ4v) is 3.15. The largest absolute Gasteiger partial charge is 0.342 e. The van der Waals surface area contributed by atoms with Gasteiger partial charge < -0.3 is 4.90 Å². The molecule has 0 aliphatic carbocycles. The van der Waals surface area contributed by atoms with E-state index < -0.39 is 0 Å². The van der Waals surface area contributed by atoms with Crippen LogP contribution < -0.4 is 5.32 Å². The zero-order chi connectivity index (χ0) is 13.7. The molecule has 2 heterocycles. The van der Waals surface area contributed by atoms with Gasteiger partial charge in [0.1, 0.15) is 5.01 Å². The fourth-order valence-electron chi connectivity index (χ4n) is 2.27. The molecule has 106 valence electrons. The number of hydrogen-bond donors (Lipinski definition) is 1. The number of rotatable bonds is 5. The molecular formula is C14H23N3OS. The standard InChI is InChI=1S/C14H23N3OS/c1-3-12-9-16-14(19-12)11(2)15-10-13(18)17-7-5-4-6-8-17/h9,11,15H,3-8,10H2,1-2H3. The summed E-state index contributed by atoms with van der Waals surface area (Å²) in [5.74, 6) is 0.221. The third kappa shape index (κ3) is 4.01. The number of piperidine rings is 1. The van der Waals surface area contributed by atoms with Crippen LogP contribution in [0.15, 0.2) is 6.20 Å². The minimum atomic E-state index is 0.152. The molecule has 1 aliphatic heterocycles. The van der Waals surface area contributed by atoms with Gasteiger partial charge in [0.25, 0.3) is 0 Å². The second kappa shape index (κ2) is 7.01. The van der Waals surface area contributed by atoms with E-state index in [1.807, 2.05) is 11.1 Å². The number of thiazole rings is 1. The monoisotopic (exact) mass is 281 g/mol. The van der Waals surface area contributed by atoms with Crippen molar-refractivity contribution in [3.8, 4) is 0 Å². The summed E-state index contributed by atoms with van der Waals surface area (Å²) < 4.78 is 0. The van der Waals surface area contributed by atoms with Crippen molar-refractivity contribution in [2.24, 2.45) is 0 Å². The number of carbonyl (C=O) groups excluding carboxylic acids is 1. The minimum absolute atomic E-state index is 0.152. The molecule has 0 saturated carbocycles. The lowest BCUT2D eigenvalue weighted by Crippen LogP contribution is -2.41. The summed E-state index contributed by atoms with van der Waals surface area (Å²) in [6, 6.07) is 0.152. The highest BCUT2D eigenvalue weighted by molar-refractivity contribution is 7.11. The number of nitrogens with zero attached hydrogens (tertiary/aromatic N) is 2. The Morgan fingerprint density at radius 2 is 2.21 bits per heavy atom. The van der Waals surface area contributed by atoms with Crippen molar-refractivity contribution in [1.29, 1.82) is 0 Å². The van der Waals surface area contributed by atoms with Gasteiger partial charge in [-0.2, -0.15) is 0 Å². The van der Waals surface area contributed by atoms with Gasteiger partial charge in [0, 0.05) is 24.2 Å². The SMILES string of the molecule is CCc1cnc(C(C)NCC(=O)N2CCCCC2)s1. The molecule has 1 aromatic rings. The van der Waals surface area contributed by atoms with Crippen LogP contribution in [0.5, 0.6) is 0 Å². The van der Waals surface area contributed by atoms with Gasteiger partial charge in [0.2, 0.25) is 5.91 Å². The van der Waals surface area contributed by atoms with Gasteiger partial charge in [0.15, 0.2) is 0 Å². The molecule has 19 heavy (non-hydrogen) atoms. The molecule has 1 amide bonds. The highest BCUT2D eigenvalue weighted by Gasteiger charge is 2.17. The number of likely N-dealkylation sites (tertiary alicyclic amines) is 1. The van der Waals surface area contributed by atoms with Crippen molar-refractivity contribution >= 4 is 17.2 Å². The molecular weight excluding hydrogens is 258 g/mol. The average Bonchev–Trinajstić information content (AvgIpc) is 2.94. The Morgan fingerprint density at radius 1 is 1.47 bits per heavy atom. The smallest absolute Gasteiger partial charge is 0.236 e. The van der Waals surface area contributed by atoms with Crippen molar-refractivity contribution in [2.45, 2.75) is 45.6 Å². The Labute approximate surface area is 119 Å². The van der Waals surface area contributed by atoms with Crippen molar-refractivity contribution in [3.63, 3.8) is 0 Å². The number of nitrogens with one attached hydrogen (secondary N) is 1. The Morgan fingerprint density at radius 3 is 2.84 bits per heavy atom. The van der Waals surface area contributed by atoms with Crippen molar-refractivity contribution in [1.82, 2.24) is 15.2 Å². The normalized spacial score (nSPS) is 17.5. The number of amides is 1. The first kappa shape index (κ1) is 14.5. The zero-order valence-corrected chi connectivity index (χ0v) is 12.6. The number of hydrogen-bond acceptors (Lipinski definition) is 4. The van der Waals surface area contributed by atoms with Crippen molar-refractivity contribution < 1.29 is 4.79 Å². The highest BCUT2D eigenvalue weighted by atomic mass is 32.1. The van der Waals surface area contributed by atoms with Crippen LogP contribution in [0.25, 0.3) is 0 Å². The van der Waals surface area contributed by atoms with E-state index >= 15 is 0 Å². The Kier molecular flexibility index (Phi) is 5.34. The average molecular weight is 281 g/mol. The molecule has 5 heteroatoms. The van der Waals surface area contributed by atoms with E-state index in [9.17, 15) is 4.79 Å². The first-order valence-corrected chi connectivity index (χ1v) is 7.98. The lowest BCUT2D eigenvalue weighted by molar-refractivity contribution is -0.131. The third-order valence-corrected chi connectivity index (χ3v) is 4.88. The second-order valence-electron chi connectivity index (χ2n) is 5.06. The Bertz CT molecular complexity index is 413. The van der Waals surface area contributed by atoms with Crippen LogP contribution in [0, 0.1) is 0 Å². The summed E-state index contributed by atoms with van der Waals surface area (Å²) in [6.07, 6.45) is 6.51. The molecule has 1 unspecified atom stereocenters. The molecule has 1 fully saturated rings. The summed E-state index contributed by atoms with van der Waals surface area (Å²) in [5.41, 5.74) is 0. The molecule has 1 atom stereocenters. The molecule has 1 saturated heterocycles. The van der Waals surface area contributed by atoms with E-state index in [4.69, 9.17) is 0 Å².